The van der Waals surface area contributed by atoms with E-state index in [1.54, 1.807) is 42.5 Å². The Morgan fingerprint density at radius 2 is 1.56 bits per heavy atom. The maximum absolute atomic E-state index is 13.2. The molecule has 0 atom stereocenters. The highest BCUT2D eigenvalue weighted by Gasteiger charge is 2.18. The third-order valence-electron chi connectivity index (χ3n) is 3.66. The van der Waals surface area contributed by atoms with Gasteiger partial charge in [-0.3, -0.25) is 4.79 Å². The molecule has 0 radical (unpaired) electrons. The molecule has 3 rings (SSSR count). The molecule has 1 heterocycles. The fraction of sp³-hybridized carbons (Fsp3) is 0.105. The number of hydrogen-bond acceptors (Lipinski definition) is 6. The zero-order valence-electron chi connectivity index (χ0n) is 14.7. The van der Waals surface area contributed by atoms with E-state index in [1.165, 1.54) is 26.4 Å². The number of aromatic nitrogens is 2. The molecule has 0 aliphatic carbocycles. The molecule has 2 N–H and O–H groups in total. The Kier molecular flexibility index (Phi) is 5.46. The van der Waals surface area contributed by atoms with Crippen LogP contribution in [0.5, 0.6) is 11.5 Å². The summed E-state index contributed by atoms with van der Waals surface area (Å²) in [5.41, 5.74) is 0.797. The van der Waals surface area contributed by atoms with Crippen LogP contribution in [0.2, 0.25) is 0 Å². The number of amides is 1. The number of carbonyl (C=O) groups is 1. The second kappa shape index (κ2) is 8.13. The molecular formula is C19H17FN4O3. The van der Waals surface area contributed by atoms with Gasteiger partial charge in [-0.05, 0) is 42.5 Å². The van der Waals surface area contributed by atoms with Gasteiger partial charge in [-0.2, -0.15) is 0 Å². The second-order valence-electron chi connectivity index (χ2n) is 5.43. The number of ether oxygens (including phenoxy) is 2. The third kappa shape index (κ3) is 4.30. The summed E-state index contributed by atoms with van der Waals surface area (Å²) in [4.78, 5) is 12.6. The Balaban J connectivity index is 1.74. The standard InChI is InChI=1S/C19H17FN4O3/c1-26-14-7-4-8-15(27-2)18(14)19(25)22-17-10-9-16(23-24-17)21-13-6-3-5-12(20)11-13/h3-11H,1-2H3,(H,21,23)(H,22,24,25). The van der Waals surface area contributed by atoms with Crippen LogP contribution >= 0.6 is 0 Å². The number of nitrogens with zero attached hydrogens (tertiary/aromatic N) is 2. The van der Waals surface area contributed by atoms with E-state index < -0.39 is 5.91 Å². The number of hydrogen-bond donors (Lipinski definition) is 2. The van der Waals surface area contributed by atoms with Crippen LogP contribution in [0.1, 0.15) is 10.4 Å². The van der Waals surface area contributed by atoms with E-state index in [2.05, 4.69) is 20.8 Å². The van der Waals surface area contributed by atoms with Gasteiger partial charge in [0, 0.05) is 5.69 Å². The summed E-state index contributed by atoms with van der Waals surface area (Å²) < 4.78 is 23.7. The number of methoxy groups -OCH3 is 2. The van der Waals surface area contributed by atoms with Crippen LogP contribution in [-0.2, 0) is 0 Å². The highest BCUT2D eigenvalue weighted by molar-refractivity contribution is 6.07. The summed E-state index contributed by atoms with van der Waals surface area (Å²) >= 11 is 0. The first-order valence-corrected chi connectivity index (χ1v) is 7.99. The molecule has 0 saturated heterocycles. The van der Waals surface area contributed by atoms with Gasteiger partial charge in [-0.1, -0.05) is 12.1 Å². The number of halogens is 1. The minimum atomic E-state index is -0.440. The molecular weight excluding hydrogens is 351 g/mol. The van der Waals surface area contributed by atoms with Crippen LogP contribution in [0.3, 0.4) is 0 Å². The van der Waals surface area contributed by atoms with Crippen molar-refractivity contribution in [3.8, 4) is 11.5 Å². The van der Waals surface area contributed by atoms with Gasteiger partial charge in [-0.25, -0.2) is 4.39 Å². The Labute approximate surface area is 155 Å². The highest BCUT2D eigenvalue weighted by atomic mass is 19.1. The van der Waals surface area contributed by atoms with E-state index in [-0.39, 0.29) is 17.2 Å². The minimum Gasteiger partial charge on any atom is -0.496 e. The molecule has 0 spiro atoms. The van der Waals surface area contributed by atoms with Gasteiger partial charge in [-0.15, -0.1) is 10.2 Å². The number of rotatable bonds is 6. The smallest absolute Gasteiger partial charge is 0.264 e. The zero-order valence-corrected chi connectivity index (χ0v) is 14.7. The van der Waals surface area contributed by atoms with E-state index in [1.807, 2.05) is 0 Å². The molecule has 7 nitrogen and oxygen atoms in total. The van der Waals surface area contributed by atoms with Crippen molar-refractivity contribution < 1.29 is 18.7 Å². The lowest BCUT2D eigenvalue weighted by Crippen LogP contribution is -2.15. The maximum atomic E-state index is 13.2. The van der Waals surface area contributed by atoms with Crippen LogP contribution in [-0.4, -0.2) is 30.3 Å². The average Bonchev–Trinajstić information content (AvgIpc) is 2.68. The summed E-state index contributed by atoms with van der Waals surface area (Å²) in [5.74, 6) is 0.617. The summed E-state index contributed by atoms with van der Waals surface area (Å²) in [5, 5.41) is 13.5. The number of anilines is 3. The Hall–Kier alpha value is -3.68. The van der Waals surface area contributed by atoms with E-state index in [4.69, 9.17) is 9.47 Å². The highest BCUT2D eigenvalue weighted by Crippen LogP contribution is 2.28. The zero-order chi connectivity index (χ0) is 19.2. The van der Waals surface area contributed by atoms with E-state index >= 15 is 0 Å². The normalized spacial score (nSPS) is 10.2. The first-order valence-electron chi connectivity index (χ1n) is 7.99. The minimum absolute atomic E-state index is 0.248. The van der Waals surface area contributed by atoms with Crippen molar-refractivity contribution in [1.82, 2.24) is 10.2 Å². The van der Waals surface area contributed by atoms with Crippen molar-refractivity contribution in [3.63, 3.8) is 0 Å². The molecule has 0 unspecified atom stereocenters. The predicted molar refractivity (Wildman–Crippen MR) is 99.2 cm³/mol. The van der Waals surface area contributed by atoms with Crippen LogP contribution < -0.4 is 20.1 Å². The SMILES string of the molecule is COc1cccc(OC)c1C(=O)Nc1ccc(Nc2cccc(F)c2)nn1. The van der Waals surface area contributed by atoms with E-state index in [9.17, 15) is 9.18 Å². The molecule has 0 saturated carbocycles. The summed E-state index contributed by atoms with van der Waals surface area (Å²) in [6, 6.07) is 14.2. The lowest BCUT2D eigenvalue weighted by Gasteiger charge is -2.12. The van der Waals surface area contributed by atoms with Crippen molar-refractivity contribution in [2.45, 2.75) is 0 Å². The van der Waals surface area contributed by atoms with Gasteiger partial charge in [0.25, 0.3) is 5.91 Å². The Morgan fingerprint density at radius 1 is 0.926 bits per heavy atom. The number of carbonyl (C=O) groups excluding carboxylic acids is 1. The molecule has 2 aromatic carbocycles. The topological polar surface area (TPSA) is 85.4 Å². The van der Waals surface area contributed by atoms with Gasteiger partial charge in [0.05, 0.1) is 14.2 Å². The molecule has 0 aliphatic heterocycles. The fourth-order valence-corrected chi connectivity index (χ4v) is 2.43. The molecule has 8 heteroatoms. The maximum Gasteiger partial charge on any atom is 0.264 e. The molecule has 0 bridgehead atoms. The van der Waals surface area contributed by atoms with Gasteiger partial charge < -0.3 is 20.1 Å². The van der Waals surface area contributed by atoms with Crippen molar-refractivity contribution in [2.75, 3.05) is 24.9 Å². The lowest BCUT2D eigenvalue weighted by molar-refractivity contribution is 0.102. The third-order valence-corrected chi connectivity index (χ3v) is 3.66. The molecule has 0 aliphatic rings. The monoisotopic (exact) mass is 368 g/mol. The Bertz CT molecular complexity index is 926. The first-order chi connectivity index (χ1) is 13.1. The predicted octanol–water partition coefficient (Wildman–Crippen LogP) is 3.63. The molecule has 3 aromatic rings. The van der Waals surface area contributed by atoms with E-state index in [0.717, 1.165) is 0 Å². The van der Waals surface area contributed by atoms with Gasteiger partial charge >= 0.3 is 0 Å². The molecule has 0 fully saturated rings. The van der Waals surface area contributed by atoms with Gasteiger partial charge in [0.2, 0.25) is 0 Å². The lowest BCUT2D eigenvalue weighted by atomic mass is 10.1. The van der Waals surface area contributed by atoms with Crippen molar-refractivity contribution in [1.29, 1.82) is 0 Å². The largest absolute Gasteiger partial charge is 0.496 e. The quantitative estimate of drug-likeness (QED) is 0.691. The van der Waals surface area contributed by atoms with E-state index in [0.29, 0.717) is 23.0 Å². The molecule has 1 aromatic heterocycles. The number of benzene rings is 2. The first kappa shape index (κ1) is 18.1. The summed E-state index contributed by atoms with van der Waals surface area (Å²) in [7, 11) is 2.94. The van der Waals surface area contributed by atoms with Crippen LogP contribution in [0.4, 0.5) is 21.7 Å². The van der Waals surface area contributed by atoms with Crippen molar-refractivity contribution >= 4 is 23.2 Å². The van der Waals surface area contributed by atoms with Crippen molar-refractivity contribution in [2.24, 2.45) is 0 Å². The molecule has 1 amide bonds. The summed E-state index contributed by atoms with van der Waals surface area (Å²) in [6.07, 6.45) is 0. The van der Waals surface area contributed by atoms with Gasteiger partial charge in [0.15, 0.2) is 11.6 Å². The summed E-state index contributed by atoms with van der Waals surface area (Å²) in [6.45, 7) is 0. The Morgan fingerprint density at radius 3 is 2.15 bits per heavy atom. The fourth-order valence-electron chi connectivity index (χ4n) is 2.43. The van der Waals surface area contributed by atoms with Crippen LogP contribution in [0.25, 0.3) is 0 Å². The second-order valence-corrected chi connectivity index (χ2v) is 5.43. The average molecular weight is 368 g/mol. The van der Waals surface area contributed by atoms with Crippen LogP contribution in [0.15, 0.2) is 54.6 Å². The van der Waals surface area contributed by atoms with Gasteiger partial charge in [0.1, 0.15) is 22.9 Å². The molecule has 27 heavy (non-hydrogen) atoms. The van der Waals surface area contributed by atoms with Crippen LogP contribution in [0, 0.1) is 5.82 Å². The molecule has 138 valence electrons. The van der Waals surface area contributed by atoms with Crippen molar-refractivity contribution in [3.05, 3.63) is 66.0 Å². The number of nitrogens with one attached hydrogen (secondary N) is 2.